The van der Waals surface area contributed by atoms with E-state index in [1.54, 1.807) is 24.3 Å². The van der Waals surface area contributed by atoms with Gasteiger partial charge in [-0.05, 0) is 12.1 Å². The van der Waals surface area contributed by atoms with Gasteiger partial charge >= 0.3 is 0 Å². The zero-order chi connectivity index (χ0) is 10.8. The van der Waals surface area contributed by atoms with Crippen LogP contribution in [0.15, 0.2) is 24.3 Å². The Labute approximate surface area is 87.7 Å². The number of para-hydroxylation sites is 1. The lowest BCUT2D eigenvalue weighted by atomic mass is 10.1. The van der Waals surface area contributed by atoms with Gasteiger partial charge in [0.2, 0.25) is 5.91 Å². The third-order valence-electron chi connectivity index (χ3n) is 2.33. The van der Waals surface area contributed by atoms with Crippen LogP contribution >= 0.6 is 0 Å². The summed E-state index contributed by atoms with van der Waals surface area (Å²) >= 11 is 0. The molecular weight excluding hydrogens is 190 g/mol. The van der Waals surface area contributed by atoms with Crippen LogP contribution in [-0.2, 0) is 9.59 Å². The van der Waals surface area contributed by atoms with E-state index in [1.807, 2.05) is 0 Å². The van der Waals surface area contributed by atoms with E-state index in [9.17, 15) is 9.59 Å². The molecule has 1 amide bonds. The molecule has 1 aromatic rings. The summed E-state index contributed by atoms with van der Waals surface area (Å²) in [5.74, 6) is 2.26. The number of anilines is 1. The minimum absolute atomic E-state index is 0.0150. The van der Waals surface area contributed by atoms with Crippen LogP contribution in [-0.4, -0.2) is 18.2 Å². The minimum Gasteiger partial charge on any atom is -0.303 e. The van der Waals surface area contributed by atoms with Crippen LogP contribution in [0.1, 0.15) is 12.0 Å². The van der Waals surface area contributed by atoms with Crippen LogP contribution in [0.25, 0.3) is 0 Å². The highest BCUT2D eigenvalue weighted by Gasteiger charge is 2.29. The predicted octanol–water partition coefficient (Wildman–Crippen LogP) is 0.974. The summed E-state index contributed by atoms with van der Waals surface area (Å²) in [5.41, 5.74) is 1.29. The summed E-state index contributed by atoms with van der Waals surface area (Å²) in [6.07, 6.45) is 5.31. The molecule has 0 aliphatic carbocycles. The van der Waals surface area contributed by atoms with Crippen molar-refractivity contribution in [1.82, 2.24) is 0 Å². The molecule has 3 nitrogen and oxygen atoms in total. The smallest absolute Gasteiger partial charge is 0.234 e. The molecule has 0 spiro atoms. The Bertz CT molecular complexity index is 471. The number of terminal acetylenes is 1. The lowest BCUT2D eigenvalue weighted by molar-refractivity contribution is -0.121. The molecule has 0 radical (unpaired) electrons. The number of ketones is 1. The van der Waals surface area contributed by atoms with Gasteiger partial charge in [-0.3, -0.25) is 9.59 Å². The van der Waals surface area contributed by atoms with Crippen LogP contribution < -0.4 is 4.90 Å². The molecule has 1 heterocycles. The van der Waals surface area contributed by atoms with Gasteiger partial charge in [-0.15, -0.1) is 6.42 Å². The van der Waals surface area contributed by atoms with Gasteiger partial charge in [0.15, 0.2) is 5.78 Å². The quantitative estimate of drug-likeness (QED) is 0.499. The third-order valence-corrected chi connectivity index (χ3v) is 2.33. The van der Waals surface area contributed by atoms with Gasteiger partial charge in [-0.1, -0.05) is 18.1 Å². The van der Waals surface area contributed by atoms with Crippen molar-refractivity contribution in [3.8, 4) is 12.3 Å². The molecule has 1 aromatic carbocycles. The fourth-order valence-corrected chi connectivity index (χ4v) is 1.64. The van der Waals surface area contributed by atoms with E-state index in [-0.39, 0.29) is 24.7 Å². The zero-order valence-corrected chi connectivity index (χ0v) is 8.06. The van der Waals surface area contributed by atoms with Gasteiger partial charge in [0.05, 0.1) is 18.7 Å². The number of nitrogens with zero attached hydrogens (tertiary/aromatic N) is 1. The summed E-state index contributed by atoms with van der Waals surface area (Å²) in [7, 11) is 0. The van der Waals surface area contributed by atoms with Crippen molar-refractivity contribution in [3.05, 3.63) is 29.8 Å². The van der Waals surface area contributed by atoms with Crippen LogP contribution in [0.2, 0.25) is 0 Å². The van der Waals surface area contributed by atoms with E-state index in [1.165, 1.54) is 4.90 Å². The first-order valence-electron chi connectivity index (χ1n) is 4.60. The number of benzene rings is 1. The third kappa shape index (κ3) is 1.62. The summed E-state index contributed by atoms with van der Waals surface area (Å²) in [6, 6.07) is 7.12. The summed E-state index contributed by atoms with van der Waals surface area (Å²) in [4.78, 5) is 24.1. The van der Waals surface area contributed by atoms with Crippen molar-refractivity contribution < 1.29 is 9.59 Å². The molecule has 3 heteroatoms. The fourth-order valence-electron chi connectivity index (χ4n) is 1.64. The molecule has 2 rings (SSSR count). The van der Waals surface area contributed by atoms with Gasteiger partial charge in [0.1, 0.15) is 0 Å². The standard InChI is InChI=1S/C12H9NO2/c1-2-9-5-3-4-6-11(9)13-8-10(14)7-12(13)15/h1,3-6H,7-8H2. The predicted molar refractivity (Wildman–Crippen MR) is 56.4 cm³/mol. The molecule has 0 N–H and O–H groups in total. The lowest BCUT2D eigenvalue weighted by Gasteiger charge is -2.16. The topological polar surface area (TPSA) is 37.4 Å². The molecule has 1 aliphatic rings. The first-order chi connectivity index (χ1) is 7.22. The van der Waals surface area contributed by atoms with E-state index >= 15 is 0 Å². The number of amides is 1. The minimum atomic E-state index is -0.178. The Morgan fingerprint density at radius 2 is 2.00 bits per heavy atom. The van der Waals surface area contributed by atoms with Crippen molar-refractivity contribution >= 4 is 17.4 Å². The highest BCUT2D eigenvalue weighted by molar-refractivity contribution is 6.15. The normalized spacial score (nSPS) is 15.5. The first-order valence-corrected chi connectivity index (χ1v) is 4.60. The van der Waals surface area contributed by atoms with Gasteiger partial charge < -0.3 is 4.90 Å². The molecule has 0 saturated carbocycles. The average molecular weight is 199 g/mol. The Morgan fingerprint density at radius 1 is 1.27 bits per heavy atom. The van der Waals surface area contributed by atoms with E-state index in [0.717, 1.165) is 0 Å². The van der Waals surface area contributed by atoms with Gasteiger partial charge in [0, 0.05) is 5.56 Å². The maximum Gasteiger partial charge on any atom is 0.234 e. The van der Waals surface area contributed by atoms with Crippen molar-refractivity contribution in [3.63, 3.8) is 0 Å². The highest BCUT2D eigenvalue weighted by Crippen LogP contribution is 2.23. The average Bonchev–Trinajstić information content (AvgIpc) is 2.57. The Balaban J connectivity index is 2.42. The summed E-state index contributed by atoms with van der Waals surface area (Å²) in [5, 5.41) is 0. The molecular formula is C12H9NO2. The molecule has 0 bridgehead atoms. The Hall–Kier alpha value is -2.08. The van der Waals surface area contributed by atoms with Gasteiger partial charge in [0.25, 0.3) is 0 Å². The molecule has 1 fully saturated rings. The van der Waals surface area contributed by atoms with Gasteiger partial charge in [-0.25, -0.2) is 0 Å². The van der Waals surface area contributed by atoms with E-state index in [0.29, 0.717) is 11.3 Å². The van der Waals surface area contributed by atoms with Gasteiger partial charge in [-0.2, -0.15) is 0 Å². The Kier molecular flexibility index (Phi) is 2.26. The van der Waals surface area contributed by atoms with Crippen LogP contribution in [0, 0.1) is 12.3 Å². The van der Waals surface area contributed by atoms with Crippen molar-refractivity contribution in [1.29, 1.82) is 0 Å². The zero-order valence-electron chi connectivity index (χ0n) is 8.06. The van der Waals surface area contributed by atoms with E-state index in [2.05, 4.69) is 5.92 Å². The largest absolute Gasteiger partial charge is 0.303 e. The van der Waals surface area contributed by atoms with E-state index < -0.39 is 0 Å². The van der Waals surface area contributed by atoms with Crippen molar-refractivity contribution in [2.75, 3.05) is 11.4 Å². The number of carbonyl (C=O) groups excluding carboxylic acids is 2. The van der Waals surface area contributed by atoms with Crippen LogP contribution in [0.4, 0.5) is 5.69 Å². The highest BCUT2D eigenvalue weighted by atomic mass is 16.2. The summed E-state index contributed by atoms with van der Waals surface area (Å²) in [6.45, 7) is 0.136. The molecule has 0 aromatic heterocycles. The molecule has 1 aliphatic heterocycles. The molecule has 15 heavy (non-hydrogen) atoms. The van der Waals surface area contributed by atoms with Crippen molar-refractivity contribution in [2.45, 2.75) is 6.42 Å². The molecule has 0 unspecified atom stereocenters. The number of hydrogen-bond donors (Lipinski definition) is 0. The monoisotopic (exact) mass is 199 g/mol. The van der Waals surface area contributed by atoms with E-state index in [4.69, 9.17) is 6.42 Å². The lowest BCUT2D eigenvalue weighted by Crippen LogP contribution is -2.25. The Morgan fingerprint density at radius 3 is 2.60 bits per heavy atom. The first kappa shape index (κ1) is 9.47. The number of rotatable bonds is 1. The van der Waals surface area contributed by atoms with Crippen molar-refractivity contribution in [2.24, 2.45) is 0 Å². The number of hydrogen-bond acceptors (Lipinski definition) is 2. The van der Waals surface area contributed by atoms with Crippen LogP contribution in [0.5, 0.6) is 0 Å². The molecule has 1 saturated heterocycles. The van der Waals surface area contributed by atoms with Crippen LogP contribution in [0.3, 0.4) is 0 Å². The SMILES string of the molecule is C#Cc1ccccc1N1CC(=O)CC1=O. The second kappa shape index (κ2) is 3.58. The second-order valence-electron chi connectivity index (χ2n) is 3.36. The fraction of sp³-hybridized carbons (Fsp3) is 0.167. The second-order valence-corrected chi connectivity index (χ2v) is 3.36. The number of carbonyl (C=O) groups is 2. The summed E-state index contributed by atoms with van der Waals surface area (Å²) < 4.78 is 0. The number of Topliss-reactive ketones (excluding diaryl/α,β-unsaturated/α-hetero) is 1. The maximum absolute atomic E-state index is 11.5. The molecule has 0 atom stereocenters. The molecule has 74 valence electrons. The maximum atomic E-state index is 11.5.